The number of hydrogen-bond donors (Lipinski definition) is 2. The standard InChI is InChI=1S/C35H50N4O4/c1-5-20-37-24-27(4)39(25-26(37)3)34(29-12-10-14-32(40)23-29)28-11-9-13-30(22-28)35(42)38(31-16-18-36-19-17-31)21-8-7-15-33(41)43-6-2/h5,9-14,22-23,26-27,31,34,36,40H,1,6-8,15-21,24-25H2,2-4H3/t26-,27+,34-/m1/s1. The highest BCUT2D eigenvalue weighted by Gasteiger charge is 2.35. The maximum Gasteiger partial charge on any atom is 0.305 e. The van der Waals surface area contributed by atoms with Crippen molar-refractivity contribution < 1.29 is 19.4 Å². The fourth-order valence-electron chi connectivity index (χ4n) is 6.64. The number of phenolic OH excluding ortho intramolecular Hbond substituents is 1. The van der Waals surface area contributed by atoms with Crippen LogP contribution in [-0.4, -0.2) is 95.7 Å². The Morgan fingerprint density at radius 1 is 1.07 bits per heavy atom. The molecule has 1 amide bonds. The average Bonchev–Trinajstić information content (AvgIpc) is 3.00. The van der Waals surface area contributed by atoms with E-state index in [-0.39, 0.29) is 35.8 Å². The van der Waals surface area contributed by atoms with Crippen molar-refractivity contribution >= 4 is 11.9 Å². The molecule has 0 bridgehead atoms. The van der Waals surface area contributed by atoms with E-state index >= 15 is 0 Å². The molecule has 0 aliphatic carbocycles. The monoisotopic (exact) mass is 590 g/mol. The quantitative estimate of drug-likeness (QED) is 0.193. The predicted octanol–water partition coefficient (Wildman–Crippen LogP) is 4.99. The summed E-state index contributed by atoms with van der Waals surface area (Å²) in [6.45, 7) is 15.7. The fraction of sp³-hybridized carbons (Fsp3) is 0.543. The third-order valence-corrected chi connectivity index (χ3v) is 8.84. The Bertz CT molecular complexity index is 1210. The smallest absolute Gasteiger partial charge is 0.305 e. The molecular weight excluding hydrogens is 540 g/mol. The lowest BCUT2D eigenvalue weighted by atomic mass is 9.92. The molecule has 0 spiro atoms. The van der Waals surface area contributed by atoms with Gasteiger partial charge in [-0.15, -0.1) is 6.58 Å². The second-order valence-corrected chi connectivity index (χ2v) is 12.0. The van der Waals surface area contributed by atoms with Gasteiger partial charge in [-0.25, -0.2) is 0 Å². The minimum atomic E-state index is -0.179. The molecule has 234 valence electrons. The second kappa shape index (κ2) is 16.0. The first-order chi connectivity index (χ1) is 20.8. The van der Waals surface area contributed by atoms with Crippen molar-refractivity contribution in [3.8, 4) is 5.75 Å². The van der Waals surface area contributed by atoms with Gasteiger partial charge in [0.05, 0.1) is 12.6 Å². The number of nitrogens with zero attached hydrogens (tertiary/aromatic N) is 3. The molecule has 0 saturated carbocycles. The molecule has 43 heavy (non-hydrogen) atoms. The molecule has 2 saturated heterocycles. The highest BCUT2D eigenvalue weighted by atomic mass is 16.5. The van der Waals surface area contributed by atoms with Gasteiger partial charge in [0.2, 0.25) is 0 Å². The van der Waals surface area contributed by atoms with Gasteiger partial charge in [-0.2, -0.15) is 0 Å². The van der Waals surface area contributed by atoms with Crippen LogP contribution in [-0.2, 0) is 9.53 Å². The van der Waals surface area contributed by atoms with Gasteiger partial charge in [0.25, 0.3) is 5.91 Å². The maximum absolute atomic E-state index is 14.2. The third-order valence-electron chi connectivity index (χ3n) is 8.84. The SMILES string of the molecule is C=CCN1C[C@H](C)N([C@@H](c2cccc(O)c2)c2cccc(C(=O)N(CCCCC(=O)OCC)C3CCNCC3)c2)C[C@H]1C. The van der Waals surface area contributed by atoms with Crippen molar-refractivity contribution in [3.05, 3.63) is 77.9 Å². The fourth-order valence-corrected chi connectivity index (χ4v) is 6.64. The third kappa shape index (κ3) is 8.68. The summed E-state index contributed by atoms with van der Waals surface area (Å²) in [4.78, 5) is 33.1. The Labute approximate surface area is 257 Å². The Balaban J connectivity index is 1.61. The van der Waals surface area contributed by atoms with Crippen LogP contribution in [0.25, 0.3) is 0 Å². The van der Waals surface area contributed by atoms with Gasteiger partial charge in [-0.1, -0.05) is 30.3 Å². The Hall–Kier alpha value is -3.20. The lowest BCUT2D eigenvalue weighted by Gasteiger charge is -2.47. The zero-order valence-electron chi connectivity index (χ0n) is 26.2. The first kappa shape index (κ1) is 32.7. The van der Waals surface area contributed by atoms with E-state index in [1.54, 1.807) is 6.07 Å². The molecule has 2 aliphatic rings. The van der Waals surface area contributed by atoms with E-state index in [1.165, 1.54) is 0 Å². The molecule has 0 unspecified atom stereocenters. The first-order valence-corrected chi connectivity index (χ1v) is 16.0. The number of carbonyl (C=O) groups excluding carboxylic acids is 2. The number of piperazine rings is 1. The average molecular weight is 591 g/mol. The number of phenols is 1. The zero-order chi connectivity index (χ0) is 30.8. The molecule has 3 atom stereocenters. The molecular formula is C35H50N4O4. The maximum atomic E-state index is 14.2. The molecule has 2 aliphatic heterocycles. The first-order valence-electron chi connectivity index (χ1n) is 16.0. The number of benzene rings is 2. The molecule has 0 radical (unpaired) electrons. The van der Waals surface area contributed by atoms with Crippen LogP contribution in [0.15, 0.2) is 61.2 Å². The molecule has 8 nitrogen and oxygen atoms in total. The van der Waals surface area contributed by atoms with E-state index < -0.39 is 0 Å². The summed E-state index contributed by atoms with van der Waals surface area (Å²) in [5.74, 6) is 0.0965. The van der Waals surface area contributed by atoms with E-state index in [0.29, 0.717) is 37.6 Å². The van der Waals surface area contributed by atoms with E-state index in [2.05, 4.69) is 53.7 Å². The van der Waals surface area contributed by atoms with Crippen molar-refractivity contribution in [3.63, 3.8) is 0 Å². The number of carbonyl (C=O) groups is 2. The number of rotatable bonds is 13. The molecule has 2 heterocycles. The zero-order valence-corrected chi connectivity index (χ0v) is 26.2. The van der Waals surface area contributed by atoms with Gasteiger partial charge in [0.15, 0.2) is 0 Å². The molecule has 2 fully saturated rings. The summed E-state index contributed by atoms with van der Waals surface area (Å²) < 4.78 is 5.09. The van der Waals surface area contributed by atoms with Crippen LogP contribution < -0.4 is 5.32 Å². The van der Waals surface area contributed by atoms with Gasteiger partial charge in [0.1, 0.15) is 5.75 Å². The van der Waals surface area contributed by atoms with Crippen molar-refractivity contribution in [2.24, 2.45) is 0 Å². The summed E-state index contributed by atoms with van der Waals surface area (Å²) in [7, 11) is 0. The normalized spacial score (nSPS) is 20.8. The van der Waals surface area contributed by atoms with Crippen LogP contribution in [0.4, 0.5) is 0 Å². The summed E-state index contributed by atoms with van der Waals surface area (Å²) in [5, 5.41) is 13.8. The number of amides is 1. The van der Waals surface area contributed by atoms with Crippen LogP contribution in [0.3, 0.4) is 0 Å². The van der Waals surface area contributed by atoms with Crippen molar-refractivity contribution in [2.45, 2.75) is 77.0 Å². The van der Waals surface area contributed by atoms with Crippen LogP contribution in [0.2, 0.25) is 0 Å². The van der Waals surface area contributed by atoms with Crippen LogP contribution in [0.1, 0.15) is 80.4 Å². The lowest BCUT2D eigenvalue weighted by Crippen LogP contribution is -2.57. The topological polar surface area (TPSA) is 85.4 Å². The minimum absolute atomic E-state index is 0.0387. The molecule has 0 aromatic heterocycles. The molecule has 2 N–H and O–H groups in total. The summed E-state index contributed by atoms with van der Waals surface area (Å²) >= 11 is 0. The minimum Gasteiger partial charge on any atom is -0.508 e. The van der Waals surface area contributed by atoms with Gasteiger partial charge in [0, 0.05) is 56.3 Å². The van der Waals surface area contributed by atoms with Crippen LogP contribution >= 0.6 is 0 Å². The van der Waals surface area contributed by atoms with Crippen molar-refractivity contribution in [2.75, 3.05) is 45.9 Å². The summed E-state index contributed by atoms with van der Waals surface area (Å²) in [6, 6.07) is 16.2. The lowest BCUT2D eigenvalue weighted by molar-refractivity contribution is -0.143. The second-order valence-electron chi connectivity index (χ2n) is 12.0. The van der Waals surface area contributed by atoms with Crippen LogP contribution in [0.5, 0.6) is 5.75 Å². The van der Waals surface area contributed by atoms with E-state index in [0.717, 1.165) is 63.1 Å². The number of nitrogens with one attached hydrogen (secondary N) is 1. The van der Waals surface area contributed by atoms with Gasteiger partial charge in [-0.05, 0) is 94.9 Å². The number of ether oxygens (including phenoxy) is 1. The van der Waals surface area contributed by atoms with Crippen molar-refractivity contribution in [1.82, 2.24) is 20.0 Å². The predicted molar refractivity (Wildman–Crippen MR) is 171 cm³/mol. The number of unbranched alkanes of at least 4 members (excludes halogenated alkanes) is 1. The Morgan fingerprint density at radius 2 is 1.79 bits per heavy atom. The molecule has 8 heteroatoms. The van der Waals surface area contributed by atoms with Gasteiger partial charge < -0.3 is 20.1 Å². The van der Waals surface area contributed by atoms with E-state index in [1.807, 2.05) is 42.2 Å². The molecule has 2 aromatic carbocycles. The van der Waals surface area contributed by atoms with Gasteiger partial charge in [-0.3, -0.25) is 19.4 Å². The van der Waals surface area contributed by atoms with E-state index in [9.17, 15) is 14.7 Å². The Kier molecular flexibility index (Phi) is 12.2. The summed E-state index contributed by atoms with van der Waals surface area (Å²) in [5.41, 5.74) is 2.73. The number of hydrogen-bond acceptors (Lipinski definition) is 7. The summed E-state index contributed by atoms with van der Waals surface area (Å²) in [6.07, 6.45) is 5.62. The molecule has 4 rings (SSSR count). The largest absolute Gasteiger partial charge is 0.508 e. The van der Waals surface area contributed by atoms with Gasteiger partial charge >= 0.3 is 5.97 Å². The number of aromatic hydroxyl groups is 1. The molecule has 2 aromatic rings. The number of piperidine rings is 1. The van der Waals surface area contributed by atoms with Crippen molar-refractivity contribution in [1.29, 1.82) is 0 Å². The highest BCUT2D eigenvalue weighted by molar-refractivity contribution is 5.94. The van der Waals surface area contributed by atoms with Crippen LogP contribution in [0, 0.1) is 0 Å². The highest BCUT2D eigenvalue weighted by Crippen LogP contribution is 2.35. The number of esters is 1. The Morgan fingerprint density at radius 3 is 2.49 bits per heavy atom. The van der Waals surface area contributed by atoms with E-state index in [4.69, 9.17) is 4.74 Å².